The number of hydrogen-bond donors (Lipinski definition) is 2. The molecule has 0 fully saturated rings. The molecule has 0 spiro atoms. The van der Waals surface area contributed by atoms with Gasteiger partial charge in [-0.3, -0.25) is 4.79 Å². The summed E-state index contributed by atoms with van der Waals surface area (Å²) in [5.41, 5.74) is 0.849. The number of carbonyl (C=O) groups excluding carboxylic acids is 1. The smallest absolute Gasteiger partial charge is 0.252 e. The maximum Gasteiger partial charge on any atom is 0.252 e. The molecule has 41 heavy (non-hydrogen) atoms. The van der Waals surface area contributed by atoms with Crippen molar-refractivity contribution in [2.75, 3.05) is 13.2 Å². The van der Waals surface area contributed by atoms with Crippen molar-refractivity contribution >= 4 is 11.8 Å². The van der Waals surface area contributed by atoms with Crippen molar-refractivity contribution in [3.8, 4) is 5.75 Å². The molecule has 4 aromatic carbocycles. The van der Waals surface area contributed by atoms with Gasteiger partial charge in [-0.15, -0.1) is 0 Å². The average molecular weight is 557 g/mol. The Morgan fingerprint density at radius 2 is 1.66 bits per heavy atom. The number of amides is 1. The summed E-state index contributed by atoms with van der Waals surface area (Å²) in [6, 6.07) is 29.1. The van der Waals surface area contributed by atoms with Gasteiger partial charge >= 0.3 is 0 Å². The van der Waals surface area contributed by atoms with Gasteiger partial charge in [-0.05, 0) is 53.6 Å². The quantitative estimate of drug-likeness (QED) is 0.238. The van der Waals surface area contributed by atoms with Crippen LogP contribution in [0.1, 0.15) is 34.8 Å². The number of hydrogen-bond acceptors (Lipinski definition) is 5. The van der Waals surface area contributed by atoms with Crippen LogP contribution in [-0.4, -0.2) is 35.7 Å². The lowest BCUT2D eigenvalue weighted by Crippen LogP contribution is -2.49. The van der Waals surface area contributed by atoms with E-state index in [9.17, 15) is 13.6 Å². The van der Waals surface area contributed by atoms with Crippen molar-refractivity contribution in [3.05, 3.63) is 137 Å². The fraction of sp³-hybridized carbons (Fsp3) is 0.212. The van der Waals surface area contributed by atoms with E-state index >= 15 is 0 Å². The van der Waals surface area contributed by atoms with Gasteiger partial charge in [0.1, 0.15) is 17.4 Å². The highest BCUT2D eigenvalue weighted by atomic mass is 19.1. The predicted octanol–water partition coefficient (Wildman–Crippen LogP) is 5.54. The molecule has 2 atom stereocenters. The minimum Gasteiger partial charge on any atom is -0.494 e. The highest BCUT2D eigenvalue weighted by Crippen LogP contribution is 2.42. The lowest BCUT2D eigenvalue weighted by atomic mass is 9.82. The molecule has 0 bridgehead atoms. The Morgan fingerprint density at radius 1 is 0.951 bits per heavy atom. The second-order valence-electron chi connectivity index (χ2n) is 9.78. The summed E-state index contributed by atoms with van der Waals surface area (Å²) >= 11 is 0. The summed E-state index contributed by atoms with van der Waals surface area (Å²) in [5.74, 6) is -0.769. The molecule has 8 heteroatoms. The fourth-order valence-corrected chi connectivity index (χ4v) is 4.82. The number of aliphatic hydroxyl groups is 1. The fourth-order valence-electron chi connectivity index (χ4n) is 4.82. The van der Waals surface area contributed by atoms with Gasteiger partial charge in [0.05, 0.1) is 6.61 Å². The van der Waals surface area contributed by atoms with Crippen molar-refractivity contribution in [1.82, 2.24) is 5.32 Å². The first-order valence-electron chi connectivity index (χ1n) is 13.4. The number of ether oxygens (including phenoxy) is 2. The molecule has 0 saturated carbocycles. The average Bonchev–Trinajstić information content (AvgIpc) is 3.39. The Hall–Kier alpha value is -4.56. The predicted molar refractivity (Wildman–Crippen MR) is 152 cm³/mol. The topological polar surface area (TPSA) is 80.2 Å². The van der Waals surface area contributed by atoms with Gasteiger partial charge in [0.2, 0.25) is 5.90 Å². The Morgan fingerprint density at radius 3 is 2.37 bits per heavy atom. The van der Waals surface area contributed by atoms with Crippen LogP contribution in [0.2, 0.25) is 0 Å². The van der Waals surface area contributed by atoms with E-state index in [1.54, 1.807) is 24.3 Å². The van der Waals surface area contributed by atoms with Crippen molar-refractivity contribution in [1.29, 1.82) is 0 Å². The van der Waals surface area contributed by atoms with Crippen LogP contribution in [-0.2, 0) is 22.5 Å². The molecular formula is C33H30F2N2O4. The number of nitrogens with one attached hydrogen (secondary N) is 1. The molecule has 1 amide bonds. The third-order valence-electron chi connectivity index (χ3n) is 6.90. The lowest BCUT2D eigenvalue weighted by Gasteiger charge is -2.31. The molecule has 1 heterocycles. The van der Waals surface area contributed by atoms with Crippen LogP contribution in [0.3, 0.4) is 0 Å². The summed E-state index contributed by atoms with van der Waals surface area (Å²) in [6.07, 6.45) is -0.0688. The van der Waals surface area contributed by atoms with E-state index in [2.05, 4.69) is 5.32 Å². The Bertz CT molecular complexity index is 1500. The zero-order valence-electron chi connectivity index (χ0n) is 22.3. The number of nitrogens with zero attached hydrogens (tertiary/aromatic N) is 1. The number of halogens is 2. The third-order valence-corrected chi connectivity index (χ3v) is 6.90. The van der Waals surface area contributed by atoms with Gasteiger partial charge in [-0.1, -0.05) is 60.7 Å². The van der Waals surface area contributed by atoms with Crippen LogP contribution < -0.4 is 10.1 Å². The Labute approximate surface area is 237 Å². The van der Waals surface area contributed by atoms with E-state index in [4.69, 9.17) is 19.6 Å². The number of aliphatic imine (C=N–C) groups is 1. The highest BCUT2D eigenvalue weighted by Gasteiger charge is 2.53. The van der Waals surface area contributed by atoms with Gasteiger partial charge in [0, 0.05) is 37.1 Å². The first-order chi connectivity index (χ1) is 20.0. The molecule has 4 aromatic rings. The first-order valence-corrected chi connectivity index (χ1v) is 13.4. The normalized spacial score (nSPS) is 17.9. The van der Waals surface area contributed by atoms with Gasteiger partial charge in [0.25, 0.3) is 5.91 Å². The van der Waals surface area contributed by atoms with Gasteiger partial charge in [0.15, 0.2) is 11.6 Å². The second kappa shape index (κ2) is 12.7. The van der Waals surface area contributed by atoms with Crippen LogP contribution in [0.4, 0.5) is 8.78 Å². The standard InChI is InChI=1S/C33H30F2N2O4/c34-27-14-17-29(35)26(20-27)22-36-32(39)33(21-23-8-3-1-4-9-23)30(24-10-5-2-6-11-24)41-31(37-33)25-12-15-28(16-13-25)40-19-7-18-38/h1-6,8-17,20,30,38H,7,18-19,21-22H2,(H,36,39)/t30-,33-/m1/s1. The van der Waals surface area contributed by atoms with Gasteiger partial charge in [-0.2, -0.15) is 0 Å². The van der Waals surface area contributed by atoms with Crippen LogP contribution in [0, 0.1) is 11.6 Å². The van der Waals surface area contributed by atoms with Crippen LogP contribution in [0.15, 0.2) is 108 Å². The monoisotopic (exact) mass is 556 g/mol. The molecule has 5 rings (SSSR count). The maximum atomic E-state index is 14.4. The SMILES string of the molecule is O=C(NCc1cc(F)ccc1F)[C@]1(Cc2ccccc2)N=C(c2ccc(OCCCO)cc2)O[C@@H]1c1ccccc1. The second-order valence-corrected chi connectivity index (χ2v) is 9.78. The van der Waals surface area contributed by atoms with Gasteiger partial charge in [-0.25, -0.2) is 13.8 Å². The molecule has 2 N–H and O–H groups in total. The van der Waals surface area contributed by atoms with Crippen molar-refractivity contribution in [3.63, 3.8) is 0 Å². The molecule has 0 aliphatic carbocycles. The molecule has 210 valence electrons. The van der Waals surface area contributed by atoms with Crippen LogP contribution >= 0.6 is 0 Å². The van der Waals surface area contributed by atoms with Crippen molar-refractivity contribution < 1.29 is 28.2 Å². The van der Waals surface area contributed by atoms with Crippen molar-refractivity contribution in [2.24, 2.45) is 4.99 Å². The summed E-state index contributed by atoms with van der Waals surface area (Å²) in [4.78, 5) is 19.1. The molecule has 1 aliphatic heterocycles. The van der Waals surface area contributed by atoms with Crippen molar-refractivity contribution in [2.45, 2.75) is 31.0 Å². The molecule has 0 unspecified atom stereocenters. The highest BCUT2D eigenvalue weighted by molar-refractivity contribution is 6.01. The van der Waals surface area contributed by atoms with Crippen LogP contribution in [0.5, 0.6) is 5.75 Å². The summed E-state index contributed by atoms with van der Waals surface area (Å²) in [7, 11) is 0. The van der Waals surface area contributed by atoms with E-state index in [0.717, 1.165) is 29.3 Å². The van der Waals surface area contributed by atoms with E-state index in [1.165, 1.54) is 0 Å². The number of benzene rings is 4. The molecule has 0 radical (unpaired) electrons. The first kappa shape index (κ1) is 28.0. The molecule has 6 nitrogen and oxygen atoms in total. The van der Waals surface area contributed by atoms with E-state index in [0.29, 0.717) is 24.3 Å². The summed E-state index contributed by atoms with van der Waals surface area (Å²) < 4.78 is 40.3. The molecular weight excluding hydrogens is 526 g/mol. The zero-order valence-corrected chi connectivity index (χ0v) is 22.3. The summed E-state index contributed by atoms with van der Waals surface area (Å²) in [5, 5.41) is 11.8. The van der Waals surface area contributed by atoms with E-state index in [1.807, 2.05) is 60.7 Å². The number of rotatable bonds is 11. The number of aliphatic hydroxyl groups excluding tert-OH is 1. The van der Waals surface area contributed by atoms with E-state index < -0.39 is 29.2 Å². The maximum absolute atomic E-state index is 14.4. The van der Waals surface area contributed by atoms with E-state index in [-0.39, 0.29) is 31.0 Å². The molecule has 0 saturated heterocycles. The third kappa shape index (κ3) is 6.44. The largest absolute Gasteiger partial charge is 0.494 e. The Kier molecular flexibility index (Phi) is 8.70. The lowest BCUT2D eigenvalue weighted by molar-refractivity contribution is -0.129. The van der Waals surface area contributed by atoms with Crippen LogP contribution in [0.25, 0.3) is 0 Å². The molecule has 0 aromatic heterocycles. The minimum atomic E-state index is -1.45. The molecule has 1 aliphatic rings. The Balaban J connectivity index is 1.53. The summed E-state index contributed by atoms with van der Waals surface area (Å²) in [6.45, 7) is 0.210. The minimum absolute atomic E-state index is 0.0318. The van der Waals surface area contributed by atoms with Gasteiger partial charge < -0.3 is 19.9 Å². The zero-order chi connectivity index (χ0) is 28.7. The number of carbonyl (C=O) groups is 1.